The number of aromatic nitrogens is 1. The summed E-state index contributed by atoms with van der Waals surface area (Å²) in [4.78, 5) is 33.5. The second-order valence-corrected chi connectivity index (χ2v) is 7.11. The Labute approximate surface area is 168 Å². The molecule has 0 bridgehead atoms. The van der Waals surface area contributed by atoms with E-state index in [-0.39, 0.29) is 12.3 Å². The molecule has 29 heavy (non-hydrogen) atoms. The minimum atomic E-state index is -0.466. The summed E-state index contributed by atoms with van der Waals surface area (Å²) in [6, 6.07) is 9.30. The zero-order valence-electron chi connectivity index (χ0n) is 16.6. The Morgan fingerprint density at radius 3 is 2.55 bits per heavy atom. The van der Waals surface area contributed by atoms with Crippen LogP contribution in [0.15, 0.2) is 51.9 Å². The molecule has 3 heterocycles. The predicted octanol–water partition coefficient (Wildman–Crippen LogP) is 2.40. The van der Waals surface area contributed by atoms with E-state index in [0.29, 0.717) is 30.0 Å². The van der Waals surface area contributed by atoms with Gasteiger partial charge in [-0.25, -0.2) is 4.79 Å². The first-order chi connectivity index (χ1) is 14.1. The molecule has 0 spiro atoms. The van der Waals surface area contributed by atoms with Gasteiger partial charge in [0.2, 0.25) is 5.91 Å². The van der Waals surface area contributed by atoms with Gasteiger partial charge in [-0.05, 0) is 36.8 Å². The number of hydrogen-bond donors (Lipinski definition) is 0. The topological polar surface area (TPSA) is 75.9 Å². The Bertz CT molecular complexity index is 1090. The number of rotatable bonds is 4. The van der Waals surface area contributed by atoms with E-state index in [0.717, 1.165) is 29.7 Å². The number of piperazine rings is 1. The summed E-state index contributed by atoms with van der Waals surface area (Å²) >= 11 is 0. The second-order valence-electron chi connectivity index (χ2n) is 7.11. The van der Waals surface area contributed by atoms with Gasteiger partial charge in [-0.1, -0.05) is 0 Å². The van der Waals surface area contributed by atoms with E-state index in [1.54, 1.807) is 25.6 Å². The van der Waals surface area contributed by atoms with Crippen LogP contribution in [-0.2, 0) is 11.2 Å². The largest absolute Gasteiger partial charge is 0.497 e. The van der Waals surface area contributed by atoms with Gasteiger partial charge < -0.3 is 19.0 Å². The zero-order chi connectivity index (χ0) is 20.4. The highest BCUT2D eigenvalue weighted by atomic mass is 16.5. The van der Waals surface area contributed by atoms with Crippen molar-refractivity contribution in [1.82, 2.24) is 9.88 Å². The summed E-state index contributed by atoms with van der Waals surface area (Å²) in [6.45, 7) is 4.60. The number of benzene rings is 1. The monoisotopic (exact) mass is 393 g/mol. The van der Waals surface area contributed by atoms with Crippen molar-refractivity contribution in [3.63, 3.8) is 0 Å². The molecule has 0 radical (unpaired) electrons. The predicted molar refractivity (Wildman–Crippen MR) is 111 cm³/mol. The van der Waals surface area contributed by atoms with Crippen molar-refractivity contribution in [2.45, 2.75) is 13.3 Å². The second kappa shape index (κ2) is 7.95. The molecule has 1 saturated heterocycles. The lowest BCUT2D eigenvalue weighted by Crippen LogP contribution is -2.49. The Hall–Kier alpha value is -3.35. The Morgan fingerprint density at radius 1 is 1.14 bits per heavy atom. The third-order valence-corrected chi connectivity index (χ3v) is 5.48. The van der Waals surface area contributed by atoms with Crippen molar-refractivity contribution in [2.75, 3.05) is 38.2 Å². The lowest BCUT2D eigenvalue weighted by atomic mass is 10.0. The van der Waals surface area contributed by atoms with Crippen molar-refractivity contribution in [3.8, 4) is 5.75 Å². The number of ether oxygens (including phenoxy) is 1. The molecule has 0 unspecified atom stereocenters. The molecular formula is C22H23N3O4. The number of hydrogen-bond acceptors (Lipinski definition) is 6. The van der Waals surface area contributed by atoms with Crippen LogP contribution in [-0.4, -0.2) is 49.1 Å². The summed E-state index contributed by atoms with van der Waals surface area (Å²) in [7, 11) is 1.56. The Kier molecular flexibility index (Phi) is 5.20. The minimum absolute atomic E-state index is 0.0470. The van der Waals surface area contributed by atoms with Gasteiger partial charge in [0, 0.05) is 55.7 Å². The molecule has 1 fully saturated rings. The number of fused-ring (bicyclic) bond motifs is 1. The van der Waals surface area contributed by atoms with Crippen LogP contribution in [0.4, 0.5) is 5.69 Å². The van der Waals surface area contributed by atoms with Gasteiger partial charge in [0.15, 0.2) is 0 Å². The van der Waals surface area contributed by atoms with Gasteiger partial charge >= 0.3 is 5.63 Å². The van der Waals surface area contributed by atoms with E-state index in [9.17, 15) is 9.59 Å². The summed E-state index contributed by atoms with van der Waals surface area (Å²) in [5, 5.41) is 0.815. The lowest BCUT2D eigenvalue weighted by Gasteiger charge is -2.36. The number of aryl methyl sites for hydroxylation is 1. The van der Waals surface area contributed by atoms with Crippen molar-refractivity contribution in [3.05, 3.63) is 64.3 Å². The van der Waals surface area contributed by atoms with E-state index in [1.165, 1.54) is 0 Å². The molecule has 1 amide bonds. The van der Waals surface area contributed by atoms with Gasteiger partial charge in [-0.2, -0.15) is 0 Å². The fourth-order valence-electron chi connectivity index (χ4n) is 3.74. The normalized spacial score (nSPS) is 14.3. The van der Waals surface area contributed by atoms with Crippen LogP contribution in [0.2, 0.25) is 0 Å². The maximum Gasteiger partial charge on any atom is 0.340 e. The average Bonchev–Trinajstić information content (AvgIpc) is 2.76. The third-order valence-electron chi connectivity index (χ3n) is 5.48. The molecule has 0 atom stereocenters. The van der Waals surface area contributed by atoms with Gasteiger partial charge in [0.1, 0.15) is 11.3 Å². The highest BCUT2D eigenvalue weighted by Gasteiger charge is 2.23. The van der Waals surface area contributed by atoms with E-state index in [1.807, 2.05) is 36.1 Å². The Morgan fingerprint density at radius 2 is 1.86 bits per heavy atom. The molecule has 0 aliphatic carbocycles. The van der Waals surface area contributed by atoms with Crippen molar-refractivity contribution >= 4 is 22.6 Å². The maximum atomic E-state index is 12.8. The number of nitrogens with zero attached hydrogens (tertiary/aromatic N) is 3. The van der Waals surface area contributed by atoms with Crippen LogP contribution >= 0.6 is 0 Å². The van der Waals surface area contributed by atoms with Crippen LogP contribution < -0.4 is 15.3 Å². The number of anilines is 1. The molecule has 2 aromatic heterocycles. The third kappa shape index (κ3) is 3.81. The summed E-state index contributed by atoms with van der Waals surface area (Å²) in [5.74, 6) is 0.568. The quantitative estimate of drug-likeness (QED) is 0.634. The van der Waals surface area contributed by atoms with Crippen LogP contribution in [0.1, 0.15) is 11.1 Å². The molecule has 7 nitrogen and oxygen atoms in total. The highest BCUT2D eigenvalue weighted by Crippen LogP contribution is 2.24. The van der Waals surface area contributed by atoms with Crippen LogP contribution in [0.5, 0.6) is 5.75 Å². The van der Waals surface area contributed by atoms with Crippen molar-refractivity contribution in [1.29, 1.82) is 0 Å². The van der Waals surface area contributed by atoms with E-state index in [4.69, 9.17) is 9.15 Å². The molecule has 1 aliphatic rings. The molecule has 7 heteroatoms. The van der Waals surface area contributed by atoms with Gasteiger partial charge in [0.25, 0.3) is 0 Å². The number of pyridine rings is 1. The molecule has 3 aromatic rings. The average molecular weight is 393 g/mol. The van der Waals surface area contributed by atoms with Crippen LogP contribution in [0.25, 0.3) is 11.0 Å². The smallest absolute Gasteiger partial charge is 0.340 e. The maximum absolute atomic E-state index is 12.8. The van der Waals surface area contributed by atoms with Crippen molar-refractivity contribution in [2.24, 2.45) is 0 Å². The molecular weight excluding hydrogens is 370 g/mol. The summed E-state index contributed by atoms with van der Waals surface area (Å²) in [5.41, 5.74) is 2.31. The molecule has 1 aliphatic heterocycles. The molecule has 4 rings (SSSR count). The van der Waals surface area contributed by atoms with E-state index in [2.05, 4.69) is 9.88 Å². The number of carbonyl (C=O) groups is 1. The SMILES string of the molecule is COc1ccc2c(C)c(CC(=O)N3CCN(c4ccncc4)CC3)c(=O)oc2c1. The van der Waals surface area contributed by atoms with Crippen LogP contribution in [0.3, 0.4) is 0 Å². The number of methoxy groups -OCH3 is 1. The first kappa shape index (κ1) is 19.0. The van der Waals surface area contributed by atoms with Crippen LogP contribution in [0, 0.1) is 6.92 Å². The van der Waals surface area contributed by atoms with E-state index < -0.39 is 5.63 Å². The number of carbonyl (C=O) groups excluding carboxylic acids is 1. The van der Waals surface area contributed by atoms with Gasteiger partial charge in [-0.15, -0.1) is 0 Å². The zero-order valence-corrected chi connectivity index (χ0v) is 16.6. The molecule has 0 saturated carbocycles. The fraction of sp³-hybridized carbons (Fsp3) is 0.318. The first-order valence-electron chi connectivity index (χ1n) is 9.60. The van der Waals surface area contributed by atoms with Gasteiger partial charge in [0.05, 0.1) is 19.1 Å². The standard InChI is InChI=1S/C22H23N3O4/c1-15-18-4-3-17(28-2)13-20(18)29-22(27)19(15)14-21(26)25-11-9-24(10-12-25)16-5-7-23-8-6-16/h3-8,13H,9-12,14H2,1-2H3. The first-order valence-corrected chi connectivity index (χ1v) is 9.60. The Balaban J connectivity index is 1.49. The van der Waals surface area contributed by atoms with Crippen molar-refractivity contribution < 1.29 is 13.9 Å². The fourth-order valence-corrected chi connectivity index (χ4v) is 3.74. The number of amides is 1. The van der Waals surface area contributed by atoms with Gasteiger partial charge in [-0.3, -0.25) is 9.78 Å². The molecule has 150 valence electrons. The highest BCUT2D eigenvalue weighted by molar-refractivity contribution is 5.85. The summed E-state index contributed by atoms with van der Waals surface area (Å²) in [6.07, 6.45) is 3.58. The molecule has 0 N–H and O–H groups in total. The minimum Gasteiger partial charge on any atom is -0.497 e. The van der Waals surface area contributed by atoms with E-state index >= 15 is 0 Å². The summed E-state index contributed by atoms with van der Waals surface area (Å²) < 4.78 is 10.6. The molecule has 1 aromatic carbocycles. The lowest BCUT2D eigenvalue weighted by molar-refractivity contribution is -0.130.